The number of fused-ring (bicyclic) bond motifs is 1. The average Bonchev–Trinajstić information content (AvgIpc) is 3.23. The molecule has 0 bridgehead atoms. The smallest absolute Gasteiger partial charge is 0.234 e. The molecule has 1 saturated heterocycles. The van der Waals surface area contributed by atoms with Crippen molar-refractivity contribution in [3.8, 4) is 11.5 Å². The van der Waals surface area contributed by atoms with Gasteiger partial charge < -0.3 is 9.47 Å². The zero-order valence-corrected chi connectivity index (χ0v) is 15.0. The number of hydrogen-bond acceptors (Lipinski definition) is 7. The van der Waals surface area contributed by atoms with Gasteiger partial charge in [0, 0.05) is 6.07 Å². The summed E-state index contributed by atoms with van der Waals surface area (Å²) >= 11 is 1.51. The second kappa shape index (κ2) is 7.37. The third-order valence-electron chi connectivity index (χ3n) is 4.31. The lowest BCUT2D eigenvalue weighted by molar-refractivity contribution is 0.214. The standard InChI is InChI=1S/C17H21N5O2S/c1-23-13-6-5-7-14(10-13)24-12-16-20-22-15(18-19-17(22)25-16)11-21-8-3-2-4-9-21/h5-7,10H,2-4,8-9,11-12H2,1H3. The van der Waals surface area contributed by atoms with Crippen molar-refractivity contribution in [2.24, 2.45) is 0 Å². The van der Waals surface area contributed by atoms with Gasteiger partial charge in [-0.2, -0.15) is 9.61 Å². The highest BCUT2D eigenvalue weighted by molar-refractivity contribution is 7.16. The SMILES string of the molecule is COc1cccc(OCc2nn3c(CN4CCCCC4)nnc3s2)c1. The lowest BCUT2D eigenvalue weighted by Crippen LogP contribution is -2.30. The summed E-state index contributed by atoms with van der Waals surface area (Å²) in [6, 6.07) is 7.57. The second-order valence-corrected chi connectivity index (χ2v) is 7.15. The van der Waals surface area contributed by atoms with Gasteiger partial charge in [0.15, 0.2) is 10.8 Å². The predicted octanol–water partition coefficient (Wildman–Crippen LogP) is 2.76. The van der Waals surface area contributed by atoms with Crippen LogP contribution >= 0.6 is 11.3 Å². The highest BCUT2D eigenvalue weighted by atomic mass is 32.1. The van der Waals surface area contributed by atoms with E-state index < -0.39 is 0 Å². The van der Waals surface area contributed by atoms with E-state index in [4.69, 9.17) is 9.47 Å². The van der Waals surface area contributed by atoms with Crippen molar-refractivity contribution >= 4 is 16.3 Å². The molecule has 7 nitrogen and oxygen atoms in total. The molecule has 1 aliphatic rings. The van der Waals surface area contributed by atoms with Crippen LogP contribution in [0.4, 0.5) is 0 Å². The largest absolute Gasteiger partial charge is 0.497 e. The van der Waals surface area contributed by atoms with Crippen LogP contribution in [0.25, 0.3) is 4.96 Å². The van der Waals surface area contributed by atoms with E-state index in [2.05, 4.69) is 20.2 Å². The molecule has 0 atom stereocenters. The van der Waals surface area contributed by atoms with E-state index in [1.807, 2.05) is 28.8 Å². The maximum absolute atomic E-state index is 5.82. The molecule has 0 aliphatic carbocycles. The van der Waals surface area contributed by atoms with Gasteiger partial charge in [0.25, 0.3) is 0 Å². The molecule has 1 aromatic carbocycles. The number of rotatable bonds is 6. The molecule has 25 heavy (non-hydrogen) atoms. The van der Waals surface area contributed by atoms with Gasteiger partial charge >= 0.3 is 0 Å². The van der Waals surface area contributed by atoms with E-state index in [9.17, 15) is 0 Å². The van der Waals surface area contributed by atoms with Gasteiger partial charge in [0.1, 0.15) is 18.1 Å². The number of aromatic nitrogens is 4. The number of benzene rings is 1. The minimum atomic E-state index is 0.407. The number of likely N-dealkylation sites (tertiary alicyclic amines) is 1. The Morgan fingerprint density at radius 2 is 1.96 bits per heavy atom. The maximum Gasteiger partial charge on any atom is 0.234 e. The predicted molar refractivity (Wildman–Crippen MR) is 95.1 cm³/mol. The van der Waals surface area contributed by atoms with Crippen LogP contribution in [0.3, 0.4) is 0 Å². The molecule has 4 rings (SSSR count). The summed E-state index contributed by atoms with van der Waals surface area (Å²) in [6.45, 7) is 3.47. The molecule has 0 N–H and O–H groups in total. The average molecular weight is 359 g/mol. The monoisotopic (exact) mass is 359 g/mol. The van der Waals surface area contributed by atoms with Crippen molar-refractivity contribution in [3.05, 3.63) is 35.1 Å². The summed E-state index contributed by atoms with van der Waals surface area (Å²) in [7, 11) is 1.64. The van der Waals surface area contributed by atoms with Gasteiger partial charge in [-0.3, -0.25) is 4.90 Å². The fourth-order valence-corrected chi connectivity index (χ4v) is 3.77. The fourth-order valence-electron chi connectivity index (χ4n) is 3.01. The number of piperidine rings is 1. The lowest BCUT2D eigenvalue weighted by atomic mass is 10.1. The van der Waals surface area contributed by atoms with Crippen molar-refractivity contribution in [1.82, 2.24) is 24.7 Å². The third kappa shape index (κ3) is 3.74. The van der Waals surface area contributed by atoms with Crippen molar-refractivity contribution in [2.45, 2.75) is 32.4 Å². The highest BCUT2D eigenvalue weighted by Gasteiger charge is 2.17. The van der Waals surface area contributed by atoms with Crippen LogP contribution in [-0.2, 0) is 13.2 Å². The molecule has 0 unspecified atom stereocenters. The number of hydrogen-bond donors (Lipinski definition) is 0. The van der Waals surface area contributed by atoms with Gasteiger partial charge in [-0.25, -0.2) is 0 Å². The Labute approximate surface area is 150 Å². The van der Waals surface area contributed by atoms with Crippen molar-refractivity contribution < 1.29 is 9.47 Å². The Bertz CT molecular complexity index is 841. The number of ether oxygens (including phenoxy) is 2. The fraction of sp³-hybridized carbons (Fsp3) is 0.471. The molecule has 0 saturated carbocycles. The minimum Gasteiger partial charge on any atom is -0.497 e. The van der Waals surface area contributed by atoms with Crippen LogP contribution in [0.2, 0.25) is 0 Å². The summed E-state index contributed by atoms with van der Waals surface area (Å²) in [4.78, 5) is 3.24. The molecule has 3 aromatic rings. The molecule has 0 radical (unpaired) electrons. The van der Waals surface area contributed by atoms with E-state index in [1.54, 1.807) is 7.11 Å². The number of nitrogens with zero attached hydrogens (tertiary/aromatic N) is 5. The molecule has 132 valence electrons. The summed E-state index contributed by atoms with van der Waals surface area (Å²) in [6.07, 6.45) is 3.85. The molecule has 3 heterocycles. The highest BCUT2D eigenvalue weighted by Crippen LogP contribution is 2.22. The zero-order valence-electron chi connectivity index (χ0n) is 14.2. The number of methoxy groups -OCH3 is 1. The van der Waals surface area contributed by atoms with Gasteiger partial charge in [0.05, 0.1) is 13.7 Å². The van der Waals surface area contributed by atoms with Crippen molar-refractivity contribution in [2.75, 3.05) is 20.2 Å². The molecule has 0 spiro atoms. The summed E-state index contributed by atoms with van der Waals surface area (Å²) in [5.41, 5.74) is 0. The van der Waals surface area contributed by atoms with E-state index in [-0.39, 0.29) is 0 Å². The van der Waals surface area contributed by atoms with E-state index >= 15 is 0 Å². The molecule has 1 aliphatic heterocycles. The molecule has 0 amide bonds. The molecule has 2 aromatic heterocycles. The third-order valence-corrected chi connectivity index (χ3v) is 5.19. The Kier molecular flexibility index (Phi) is 4.80. The van der Waals surface area contributed by atoms with Crippen molar-refractivity contribution in [1.29, 1.82) is 0 Å². The van der Waals surface area contributed by atoms with Gasteiger partial charge in [-0.05, 0) is 38.1 Å². The van der Waals surface area contributed by atoms with Gasteiger partial charge in [0.2, 0.25) is 4.96 Å². The molecule has 1 fully saturated rings. The molecule has 8 heteroatoms. The Balaban J connectivity index is 1.44. The zero-order chi connectivity index (χ0) is 17.1. The first-order valence-electron chi connectivity index (χ1n) is 8.51. The quantitative estimate of drug-likeness (QED) is 0.674. The van der Waals surface area contributed by atoms with E-state index in [0.29, 0.717) is 6.61 Å². The Hall–Kier alpha value is -2.19. The normalized spacial score (nSPS) is 15.6. The second-order valence-electron chi connectivity index (χ2n) is 6.11. The Morgan fingerprint density at radius 1 is 1.12 bits per heavy atom. The summed E-state index contributed by atoms with van der Waals surface area (Å²) in [5, 5.41) is 14.1. The van der Waals surface area contributed by atoms with Gasteiger partial charge in [-0.15, -0.1) is 10.2 Å². The van der Waals surface area contributed by atoms with Crippen LogP contribution in [0.5, 0.6) is 11.5 Å². The molecular formula is C17H21N5O2S. The molecular weight excluding hydrogens is 338 g/mol. The van der Waals surface area contributed by atoms with Crippen LogP contribution in [0.15, 0.2) is 24.3 Å². The van der Waals surface area contributed by atoms with Crippen LogP contribution in [-0.4, -0.2) is 44.9 Å². The minimum absolute atomic E-state index is 0.407. The lowest BCUT2D eigenvalue weighted by Gasteiger charge is -2.25. The van der Waals surface area contributed by atoms with Gasteiger partial charge in [-0.1, -0.05) is 23.8 Å². The first-order chi connectivity index (χ1) is 12.3. The Morgan fingerprint density at radius 3 is 2.80 bits per heavy atom. The van der Waals surface area contributed by atoms with Crippen LogP contribution in [0, 0.1) is 0 Å². The topological polar surface area (TPSA) is 64.8 Å². The van der Waals surface area contributed by atoms with Crippen molar-refractivity contribution in [3.63, 3.8) is 0 Å². The van der Waals surface area contributed by atoms with Crippen LogP contribution in [0.1, 0.15) is 30.1 Å². The maximum atomic E-state index is 5.82. The first-order valence-corrected chi connectivity index (χ1v) is 9.33. The van der Waals surface area contributed by atoms with Crippen LogP contribution < -0.4 is 9.47 Å². The summed E-state index contributed by atoms with van der Waals surface area (Å²) < 4.78 is 12.9. The van der Waals surface area contributed by atoms with E-state index in [0.717, 1.165) is 46.9 Å². The van der Waals surface area contributed by atoms with E-state index in [1.165, 1.54) is 30.6 Å². The first kappa shape index (κ1) is 16.3. The summed E-state index contributed by atoms with van der Waals surface area (Å²) in [5.74, 6) is 2.44.